The average Bonchev–Trinajstić information content (AvgIpc) is 2.38. The van der Waals surface area contributed by atoms with Crippen LogP contribution in [0.4, 0.5) is 0 Å². The van der Waals surface area contributed by atoms with Crippen molar-refractivity contribution in [2.75, 3.05) is 0 Å². The molecule has 17 heavy (non-hydrogen) atoms. The van der Waals surface area contributed by atoms with Gasteiger partial charge in [-0.05, 0) is 12.1 Å². The minimum atomic E-state index is -0.528. The van der Waals surface area contributed by atoms with Crippen LogP contribution in [0.25, 0.3) is 21.8 Å². The molecule has 3 aromatic rings. The monoisotopic (exact) mass is 223 g/mol. The van der Waals surface area contributed by atoms with Gasteiger partial charge in [-0.15, -0.1) is 0 Å². The molecule has 0 radical (unpaired) electrons. The molecule has 0 aliphatic rings. The van der Waals surface area contributed by atoms with Gasteiger partial charge in [0.25, 0.3) is 5.91 Å². The Bertz CT molecular complexity index is 737. The molecule has 0 fully saturated rings. The predicted molar refractivity (Wildman–Crippen MR) is 65.6 cm³/mol. The molecule has 0 aliphatic carbocycles. The number of carbonyl (C=O) groups excluding carboxylic acids is 1. The molecule has 0 atom stereocenters. The molecule has 4 heteroatoms. The van der Waals surface area contributed by atoms with Crippen molar-refractivity contribution in [3.63, 3.8) is 0 Å². The fraction of sp³-hybridized carbons (Fsp3) is 0. The van der Waals surface area contributed by atoms with Crippen LogP contribution in [0.1, 0.15) is 10.5 Å². The van der Waals surface area contributed by atoms with Gasteiger partial charge in [0.05, 0.1) is 11.0 Å². The molecule has 0 saturated carbocycles. The van der Waals surface area contributed by atoms with Crippen LogP contribution in [0.2, 0.25) is 0 Å². The second-order valence-corrected chi connectivity index (χ2v) is 3.77. The highest BCUT2D eigenvalue weighted by molar-refractivity contribution is 6.04. The number of amides is 1. The maximum atomic E-state index is 11.1. The number of benzene rings is 1. The van der Waals surface area contributed by atoms with Crippen LogP contribution >= 0.6 is 0 Å². The summed E-state index contributed by atoms with van der Waals surface area (Å²) in [5.41, 5.74) is 6.98. The maximum absolute atomic E-state index is 11.1. The number of nitrogens with two attached hydrogens (primary N) is 1. The summed E-state index contributed by atoms with van der Waals surface area (Å²) >= 11 is 0. The number of fused-ring (bicyclic) bond motifs is 3. The molecule has 0 bridgehead atoms. The topological polar surface area (TPSA) is 68.9 Å². The Hall–Kier alpha value is -2.49. The van der Waals surface area contributed by atoms with Crippen molar-refractivity contribution in [1.82, 2.24) is 9.97 Å². The standard InChI is InChI=1S/C13H9N3O/c14-13(17)10-6-5-9-4-3-8-2-1-7-15-11(8)12(9)16-10/h1-7H,(H2,14,17). The lowest BCUT2D eigenvalue weighted by Crippen LogP contribution is -2.12. The summed E-state index contributed by atoms with van der Waals surface area (Å²) in [6, 6.07) is 11.2. The van der Waals surface area contributed by atoms with Crippen LogP contribution in [0.5, 0.6) is 0 Å². The molecule has 4 nitrogen and oxygen atoms in total. The smallest absolute Gasteiger partial charge is 0.267 e. The van der Waals surface area contributed by atoms with Crippen molar-refractivity contribution in [1.29, 1.82) is 0 Å². The summed E-state index contributed by atoms with van der Waals surface area (Å²) < 4.78 is 0. The Kier molecular flexibility index (Phi) is 2.01. The molecule has 0 aliphatic heterocycles. The highest BCUT2D eigenvalue weighted by Gasteiger charge is 2.06. The SMILES string of the molecule is NC(=O)c1ccc2ccc3cccnc3c2n1. The summed E-state index contributed by atoms with van der Waals surface area (Å²) in [5.74, 6) is -0.528. The predicted octanol–water partition coefficient (Wildman–Crippen LogP) is 1.88. The minimum absolute atomic E-state index is 0.260. The number of hydrogen-bond donors (Lipinski definition) is 1. The third-order valence-electron chi connectivity index (χ3n) is 2.68. The molecule has 2 heterocycles. The van der Waals surface area contributed by atoms with Crippen molar-refractivity contribution < 1.29 is 4.79 Å². The summed E-state index contributed by atoms with van der Waals surface area (Å²) in [6.07, 6.45) is 1.71. The maximum Gasteiger partial charge on any atom is 0.267 e. The van der Waals surface area contributed by atoms with Gasteiger partial charge >= 0.3 is 0 Å². The number of rotatable bonds is 1. The van der Waals surface area contributed by atoms with Gasteiger partial charge in [-0.25, -0.2) is 4.98 Å². The first-order valence-corrected chi connectivity index (χ1v) is 5.20. The summed E-state index contributed by atoms with van der Waals surface area (Å²) in [5, 5.41) is 1.94. The van der Waals surface area contributed by atoms with Gasteiger partial charge in [0.2, 0.25) is 0 Å². The van der Waals surface area contributed by atoms with Crippen LogP contribution in [0, 0.1) is 0 Å². The van der Waals surface area contributed by atoms with Crippen molar-refractivity contribution in [3.8, 4) is 0 Å². The van der Waals surface area contributed by atoms with Gasteiger partial charge in [0, 0.05) is 17.0 Å². The van der Waals surface area contributed by atoms with E-state index in [0.717, 1.165) is 16.3 Å². The van der Waals surface area contributed by atoms with E-state index in [1.54, 1.807) is 12.3 Å². The first-order valence-electron chi connectivity index (χ1n) is 5.20. The lowest BCUT2D eigenvalue weighted by atomic mass is 10.1. The summed E-state index contributed by atoms with van der Waals surface area (Å²) in [6.45, 7) is 0. The number of nitrogens with zero attached hydrogens (tertiary/aromatic N) is 2. The Morgan fingerprint density at radius 1 is 1.00 bits per heavy atom. The minimum Gasteiger partial charge on any atom is -0.364 e. The van der Waals surface area contributed by atoms with Gasteiger partial charge in [-0.2, -0.15) is 0 Å². The Morgan fingerprint density at radius 2 is 1.71 bits per heavy atom. The molecule has 1 aromatic carbocycles. The van der Waals surface area contributed by atoms with E-state index in [4.69, 9.17) is 5.73 Å². The molecule has 3 rings (SSSR count). The number of pyridine rings is 2. The van der Waals surface area contributed by atoms with Crippen LogP contribution < -0.4 is 5.73 Å². The van der Waals surface area contributed by atoms with Gasteiger partial charge < -0.3 is 5.73 Å². The normalized spacial score (nSPS) is 10.8. The van der Waals surface area contributed by atoms with Gasteiger partial charge in [-0.3, -0.25) is 9.78 Å². The zero-order valence-electron chi connectivity index (χ0n) is 8.92. The van der Waals surface area contributed by atoms with E-state index in [-0.39, 0.29) is 5.69 Å². The van der Waals surface area contributed by atoms with E-state index in [1.165, 1.54) is 0 Å². The zero-order valence-corrected chi connectivity index (χ0v) is 8.92. The molecule has 2 aromatic heterocycles. The first-order chi connectivity index (χ1) is 8.25. The van der Waals surface area contributed by atoms with E-state index >= 15 is 0 Å². The summed E-state index contributed by atoms with van der Waals surface area (Å²) in [7, 11) is 0. The lowest BCUT2D eigenvalue weighted by Gasteiger charge is -2.03. The van der Waals surface area contributed by atoms with Crippen molar-refractivity contribution >= 4 is 27.7 Å². The van der Waals surface area contributed by atoms with Crippen LogP contribution in [-0.2, 0) is 0 Å². The number of carbonyl (C=O) groups is 1. The number of primary amides is 1. The molecular weight excluding hydrogens is 214 g/mol. The lowest BCUT2D eigenvalue weighted by molar-refractivity contribution is 0.0996. The van der Waals surface area contributed by atoms with E-state index in [9.17, 15) is 4.79 Å². The Labute approximate surface area is 97.1 Å². The molecule has 2 N–H and O–H groups in total. The third kappa shape index (κ3) is 1.50. The second kappa shape index (κ2) is 3.52. The summed E-state index contributed by atoms with van der Waals surface area (Å²) in [4.78, 5) is 19.7. The van der Waals surface area contributed by atoms with Crippen LogP contribution in [0.15, 0.2) is 42.6 Å². The van der Waals surface area contributed by atoms with E-state index in [2.05, 4.69) is 9.97 Å². The highest BCUT2D eigenvalue weighted by atomic mass is 16.1. The quantitative estimate of drug-likeness (QED) is 0.640. The number of hydrogen-bond acceptors (Lipinski definition) is 3. The Morgan fingerprint density at radius 3 is 2.47 bits per heavy atom. The first kappa shape index (κ1) is 9.72. The van der Waals surface area contributed by atoms with Crippen molar-refractivity contribution in [2.24, 2.45) is 5.73 Å². The number of aromatic nitrogens is 2. The average molecular weight is 223 g/mol. The van der Waals surface area contributed by atoms with Crippen molar-refractivity contribution in [2.45, 2.75) is 0 Å². The second-order valence-electron chi connectivity index (χ2n) is 3.77. The van der Waals surface area contributed by atoms with Gasteiger partial charge in [0.1, 0.15) is 5.69 Å². The van der Waals surface area contributed by atoms with Crippen LogP contribution in [-0.4, -0.2) is 15.9 Å². The van der Waals surface area contributed by atoms with E-state index < -0.39 is 5.91 Å². The zero-order chi connectivity index (χ0) is 11.8. The Balaban J connectivity index is 2.46. The molecule has 0 spiro atoms. The molecule has 82 valence electrons. The molecule has 0 unspecified atom stereocenters. The highest BCUT2D eigenvalue weighted by Crippen LogP contribution is 2.21. The van der Waals surface area contributed by atoms with Crippen molar-refractivity contribution in [3.05, 3.63) is 48.3 Å². The van der Waals surface area contributed by atoms with Crippen LogP contribution in [0.3, 0.4) is 0 Å². The fourth-order valence-corrected chi connectivity index (χ4v) is 1.86. The third-order valence-corrected chi connectivity index (χ3v) is 2.68. The van der Waals surface area contributed by atoms with Gasteiger partial charge in [-0.1, -0.05) is 24.3 Å². The molecule has 0 saturated heterocycles. The fourth-order valence-electron chi connectivity index (χ4n) is 1.86. The largest absolute Gasteiger partial charge is 0.364 e. The van der Waals surface area contributed by atoms with Gasteiger partial charge in [0.15, 0.2) is 0 Å². The molecule has 1 amide bonds. The molecular formula is C13H9N3O. The van der Waals surface area contributed by atoms with E-state index in [0.29, 0.717) is 5.52 Å². The van der Waals surface area contributed by atoms with E-state index in [1.807, 2.05) is 30.3 Å².